The van der Waals surface area contributed by atoms with E-state index in [0.717, 1.165) is 10.4 Å². The number of nitrogen functional groups attached to an aromatic ring is 1. The second-order valence-corrected chi connectivity index (χ2v) is 7.15. The summed E-state index contributed by atoms with van der Waals surface area (Å²) < 4.78 is 39.4. The van der Waals surface area contributed by atoms with Crippen molar-refractivity contribution < 1.29 is 12.8 Å². The van der Waals surface area contributed by atoms with Gasteiger partial charge in [0.05, 0.1) is 28.3 Å². The van der Waals surface area contributed by atoms with Crippen LogP contribution in [0.3, 0.4) is 0 Å². The molecule has 0 bridgehead atoms. The molecule has 5 nitrogen and oxygen atoms in total. The molecule has 0 amide bonds. The van der Waals surface area contributed by atoms with Crippen LogP contribution in [0.1, 0.15) is 11.3 Å². The summed E-state index contributed by atoms with van der Waals surface area (Å²) in [5.74, 6) is -0.592. The molecule has 0 saturated heterocycles. The number of hydrogen-bond acceptors (Lipinski definition) is 5. The van der Waals surface area contributed by atoms with Crippen LogP contribution in [0, 0.1) is 12.7 Å². The summed E-state index contributed by atoms with van der Waals surface area (Å²) in [4.78, 5) is 4.02. The van der Waals surface area contributed by atoms with Gasteiger partial charge in [-0.3, -0.25) is 0 Å². The molecule has 0 radical (unpaired) electrons. The summed E-state index contributed by atoms with van der Waals surface area (Å²) in [6.45, 7) is 1.63. The van der Waals surface area contributed by atoms with Crippen LogP contribution in [0.2, 0.25) is 0 Å². The maximum atomic E-state index is 13.5. The first kappa shape index (κ1) is 14.9. The van der Waals surface area contributed by atoms with E-state index < -0.39 is 15.8 Å². The lowest BCUT2D eigenvalue weighted by molar-refractivity contribution is 0.463. The van der Waals surface area contributed by atoms with Gasteiger partial charge in [-0.15, -0.1) is 11.3 Å². The summed E-state index contributed by atoms with van der Waals surface area (Å²) in [5.41, 5.74) is 7.80. The number of halogens is 1. The van der Waals surface area contributed by atoms with E-state index in [1.54, 1.807) is 10.9 Å². The molecule has 0 unspecified atom stereocenters. The van der Waals surface area contributed by atoms with Crippen LogP contribution in [0.25, 0.3) is 0 Å². The highest BCUT2D eigenvalue weighted by Crippen LogP contribution is 2.23. The Balaban J connectivity index is 2.35. The number of thiazole rings is 1. The molecule has 20 heavy (non-hydrogen) atoms. The summed E-state index contributed by atoms with van der Waals surface area (Å²) in [6, 6.07) is 2.41. The van der Waals surface area contributed by atoms with E-state index >= 15 is 0 Å². The van der Waals surface area contributed by atoms with Crippen molar-refractivity contribution in [3.8, 4) is 0 Å². The molecule has 0 spiro atoms. The Kier molecular flexibility index (Phi) is 4.07. The van der Waals surface area contributed by atoms with Gasteiger partial charge in [0.15, 0.2) is 0 Å². The van der Waals surface area contributed by atoms with Crippen LogP contribution in [0.4, 0.5) is 10.1 Å². The largest absolute Gasteiger partial charge is 0.396 e. The van der Waals surface area contributed by atoms with E-state index in [4.69, 9.17) is 5.73 Å². The lowest BCUT2D eigenvalue weighted by Crippen LogP contribution is -2.27. The van der Waals surface area contributed by atoms with Crippen LogP contribution in [0.15, 0.2) is 27.9 Å². The number of nitrogens with zero attached hydrogens (tertiary/aromatic N) is 2. The van der Waals surface area contributed by atoms with Gasteiger partial charge in [-0.2, -0.15) is 4.31 Å². The molecule has 2 aromatic rings. The Hall–Kier alpha value is -1.51. The quantitative estimate of drug-likeness (QED) is 0.876. The van der Waals surface area contributed by atoms with Crippen molar-refractivity contribution >= 4 is 27.0 Å². The SMILES string of the molecule is Cc1cc(S(=O)(=O)N(C)Cc2cscn2)cc(N)c1F. The van der Waals surface area contributed by atoms with E-state index in [1.807, 2.05) is 0 Å². The third-order valence-corrected chi connectivity index (χ3v) is 5.25. The number of hydrogen-bond donors (Lipinski definition) is 1. The van der Waals surface area contributed by atoms with E-state index in [2.05, 4.69) is 4.98 Å². The maximum Gasteiger partial charge on any atom is 0.243 e. The number of anilines is 1. The summed E-state index contributed by atoms with van der Waals surface area (Å²) in [7, 11) is -2.28. The highest BCUT2D eigenvalue weighted by molar-refractivity contribution is 7.89. The topological polar surface area (TPSA) is 76.3 Å². The molecule has 2 rings (SSSR count). The minimum Gasteiger partial charge on any atom is -0.396 e. The Bertz CT molecular complexity index is 691. The van der Waals surface area contributed by atoms with Gasteiger partial charge in [0, 0.05) is 12.4 Å². The second-order valence-electron chi connectivity index (χ2n) is 4.38. The molecule has 0 aliphatic carbocycles. The summed E-state index contributed by atoms with van der Waals surface area (Å²) >= 11 is 1.39. The van der Waals surface area contributed by atoms with Crippen molar-refractivity contribution in [3.05, 3.63) is 40.1 Å². The van der Waals surface area contributed by atoms with E-state index in [-0.39, 0.29) is 22.7 Å². The van der Waals surface area contributed by atoms with Crippen LogP contribution in [0.5, 0.6) is 0 Å². The smallest absolute Gasteiger partial charge is 0.243 e. The van der Waals surface area contributed by atoms with Crippen molar-refractivity contribution in [2.45, 2.75) is 18.4 Å². The summed E-state index contributed by atoms with van der Waals surface area (Å²) in [6.07, 6.45) is 0. The number of rotatable bonds is 4. The Labute approximate surface area is 120 Å². The van der Waals surface area contributed by atoms with Crippen molar-refractivity contribution in [2.75, 3.05) is 12.8 Å². The Morgan fingerprint density at radius 3 is 2.70 bits per heavy atom. The van der Waals surface area contributed by atoms with Crippen LogP contribution < -0.4 is 5.73 Å². The van der Waals surface area contributed by atoms with Crippen molar-refractivity contribution in [1.82, 2.24) is 9.29 Å². The number of aromatic nitrogens is 1. The highest BCUT2D eigenvalue weighted by atomic mass is 32.2. The van der Waals surface area contributed by atoms with Crippen molar-refractivity contribution in [2.24, 2.45) is 0 Å². The van der Waals surface area contributed by atoms with Gasteiger partial charge in [0.1, 0.15) is 5.82 Å². The zero-order valence-corrected chi connectivity index (χ0v) is 12.6. The van der Waals surface area contributed by atoms with Crippen molar-refractivity contribution in [3.63, 3.8) is 0 Å². The Morgan fingerprint density at radius 2 is 2.15 bits per heavy atom. The molecule has 0 aliphatic rings. The molecule has 0 fully saturated rings. The zero-order valence-electron chi connectivity index (χ0n) is 11.0. The lowest BCUT2D eigenvalue weighted by Gasteiger charge is -2.17. The molecular weight excluding hydrogens is 301 g/mol. The third-order valence-electron chi connectivity index (χ3n) is 2.83. The van der Waals surface area contributed by atoms with E-state index in [0.29, 0.717) is 5.69 Å². The molecule has 108 valence electrons. The first-order valence-electron chi connectivity index (χ1n) is 5.71. The molecule has 1 aromatic carbocycles. The minimum absolute atomic E-state index is 0.0216. The van der Waals surface area contributed by atoms with Gasteiger partial charge in [0.25, 0.3) is 0 Å². The number of aryl methyl sites for hydroxylation is 1. The van der Waals surface area contributed by atoms with Gasteiger partial charge >= 0.3 is 0 Å². The van der Waals surface area contributed by atoms with Gasteiger partial charge in [-0.25, -0.2) is 17.8 Å². The minimum atomic E-state index is -3.73. The molecule has 1 aromatic heterocycles. The molecule has 2 N–H and O–H groups in total. The summed E-state index contributed by atoms with van der Waals surface area (Å²) in [5, 5.41) is 1.77. The molecular formula is C12H14FN3O2S2. The fourth-order valence-corrected chi connectivity index (χ4v) is 3.53. The molecule has 0 atom stereocenters. The first-order valence-corrected chi connectivity index (χ1v) is 8.09. The van der Waals surface area contributed by atoms with Crippen molar-refractivity contribution in [1.29, 1.82) is 0 Å². The third kappa shape index (κ3) is 2.82. The first-order chi connectivity index (χ1) is 9.32. The number of sulfonamides is 1. The van der Waals surface area contributed by atoms with Gasteiger partial charge in [-0.1, -0.05) is 0 Å². The van der Waals surface area contributed by atoms with E-state index in [1.165, 1.54) is 31.4 Å². The van der Waals surface area contributed by atoms with E-state index in [9.17, 15) is 12.8 Å². The molecule has 1 heterocycles. The maximum absolute atomic E-state index is 13.5. The van der Waals surface area contributed by atoms with Crippen LogP contribution in [-0.2, 0) is 16.6 Å². The van der Waals surface area contributed by atoms with Gasteiger partial charge < -0.3 is 5.73 Å². The fourth-order valence-electron chi connectivity index (χ4n) is 1.72. The molecule has 8 heteroatoms. The Morgan fingerprint density at radius 1 is 1.45 bits per heavy atom. The zero-order chi connectivity index (χ0) is 14.9. The lowest BCUT2D eigenvalue weighted by atomic mass is 10.2. The molecule has 0 saturated carbocycles. The number of benzene rings is 1. The standard InChI is InChI=1S/C12H14FN3O2S2/c1-8-3-10(4-11(14)12(8)13)20(17,18)16(2)5-9-6-19-7-15-9/h3-4,6-7H,5,14H2,1-2H3. The highest BCUT2D eigenvalue weighted by Gasteiger charge is 2.23. The number of nitrogens with two attached hydrogens (primary N) is 1. The fraction of sp³-hybridized carbons (Fsp3) is 0.250. The monoisotopic (exact) mass is 315 g/mol. The van der Waals surface area contributed by atoms with Gasteiger partial charge in [0.2, 0.25) is 10.0 Å². The average molecular weight is 315 g/mol. The normalized spacial score (nSPS) is 12.0. The second kappa shape index (κ2) is 5.47. The predicted molar refractivity (Wildman–Crippen MR) is 76.3 cm³/mol. The predicted octanol–water partition coefficient (Wildman–Crippen LogP) is 1.99. The van der Waals surface area contributed by atoms with Crippen LogP contribution in [-0.4, -0.2) is 24.8 Å². The molecule has 0 aliphatic heterocycles. The van der Waals surface area contributed by atoms with Gasteiger partial charge in [-0.05, 0) is 24.6 Å². The van der Waals surface area contributed by atoms with Crippen LogP contribution >= 0.6 is 11.3 Å². The average Bonchev–Trinajstić information content (AvgIpc) is 2.88.